The number of aromatic nitrogens is 3. The number of hydrogen-bond acceptors (Lipinski definition) is 4. The zero-order valence-corrected chi connectivity index (χ0v) is 8.12. The lowest BCUT2D eigenvalue weighted by Crippen LogP contribution is -2.35. The van der Waals surface area contributed by atoms with Gasteiger partial charge >= 0.3 is 0 Å². The second-order valence-electron chi connectivity index (χ2n) is 2.52. The van der Waals surface area contributed by atoms with Gasteiger partial charge in [-0.15, -0.1) is 0 Å². The zero-order valence-electron chi connectivity index (χ0n) is 6.61. The molecule has 2 heterocycles. The molecule has 74 valence electrons. The summed E-state index contributed by atoms with van der Waals surface area (Å²) >= 11 is 11.1. The van der Waals surface area contributed by atoms with Gasteiger partial charge in [0.15, 0.2) is 6.23 Å². The molecule has 0 spiro atoms. The van der Waals surface area contributed by atoms with Crippen LogP contribution in [-0.2, 0) is 4.79 Å². The van der Waals surface area contributed by atoms with Crippen molar-refractivity contribution in [2.45, 2.75) is 6.23 Å². The van der Waals surface area contributed by atoms with Crippen molar-refractivity contribution in [2.24, 2.45) is 0 Å². The minimum Gasteiger partial charge on any atom is -0.368 e. The first-order valence-electron chi connectivity index (χ1n) is 3.55. The van der Waals surface area contributed by atoms with Crippen molar-refractivity contribution in [3.63, 3.8) is 0 Å². The van der Waals surface area contributed by atoms with Gasteiger partial charge in [-0.1, -0.05) is 23.2 Å². The Kier molecular flexibility index (Phi) is 2.18. The number of H-pyrrole nitrogens is 1. The van der Waals surface area contributed by atoms with E-state index >= 15 is 0 Å². The molecule has 0 saturated heterocycles. The van der Waals surface area contributed by atoms with Crippen molar-refractivity contribution in [2.75, 3.05) is 4.90 Å². The fraction of sp³-hybridized carbons (Fsp3) is 0.167. The number of amides is 1. The van der Waals surface area contributed by atoms with Crippen molar-refractivity contribution in [3.05, 3.63) is 16.4 Å². The van der Waals surface area contributed by atoms with Gasteiger partial charge in [-0.2, -0.15) is 10.1 Å². The summed E-state index contributed by atoms with van der Waals surface area (Å²) in [7, 11) is 0. The summed E-state index contributed by atoms with van der Waals surface area (Å²) in [5.74, 6) is -0.516. The number of hydrogen-bond donors (Lipinski definition) is 2. The van der Waals surface area contributed by atoms with Crippen LogP contribution in [0.2, 0.25) is 0 Å². The van der Waals surface area contributed by atoms with Gasteiger partial charge in [0.2, 0.25) is 5.95 Å². The van der Waals surface area contributed by atoms with E-state index in [1.807, 2.05) is 0 Å². The largest absolute Gasteiger partial charge is 0.368 e. The second-order valence-corrected chi connectivity index (χ2v) is 3.30. The van der Waals surface area contributed by atoms with Crippen LogP contribution in [0, 0.1) is 0 Å². The Hall–Kier alpha value is -1.11. The maximum absolute atomic E-state index is 11.4. The van der Waals surface area contributed by atoms with Crippen LogP contribution in [0.4, 0.5) is 5.95 Å². The maximum atomic E-state index is 11.4. The SMILES string of the molecule is O=C1C(Cl)=C(Cl)C(O)N1c1ncn[nH]1. The third kappa shape index (κ3) is 1.19. The highest BCUT2D eigenvalue weighted by Gasteiger charge is 2.39. The minimum atomic E-state index is -1.30. The number of rotatable bonds is 1. The Morgan fingerprint density at radius 2 is 2.29 bits per heavy atom. The highest BCUT2D eigenvalue weighted by atomic mass is 35.5. The Morgan fingerprint density at radius 1 is 1.57 bits per heavy atom. The standard InChI is InChI=1S/C6H4Cl2N4O2/c7-2-3(8)5(14)12(4(2)13)6-9-1-10-11-6/h1,4,13H,(H,9,10,11). The van der Waals surface area contributed by atoms with Crippen LogP contribution in [0.15, 0.2) is 16.4 Å². The van der Waals surface area contributed by atoms with Crippen LogP contribution < -0.4 is 4.90 Å². The summed E-state index contributed by atoms with van der Waals surface area (Å²) in [5, 5.41) is 15.1. The minimum absolute atomic E-state index is 0.0938. The normalized spacial score (nSPS) is 22.4. The van der Waals surface area contributed by atoms with E-state index in [1.165, 1.54) is 6.33 Å². The van der Waals surface area contributed by atoms with E-state index in [0.29, 0.717) is 0 Å². The fourth-order valence-corrected chi connectivity index (χ4v) is 1.44. The molecule has 1 amide bonds. The van der Waals surface area contributed by atoms with E-state index in [1.54, 1.807) is 0 Å². The molecular weight excluding hydrogens is 231 g/mol. The van der Waals surface area contributed by atoms with E-state index in [9.17, 15) is 9.90 Å². The van der Waals surface area contributed by atoms with Crippen LogP contribution in [0.5, 0.6) is 0 Å². The topological polar surface area (TPSA) is 82.1 Å². The predicted octanol–water partition coefficient (Wildman–Crippen LogP) is 0.159. The molecule has 14 heavy (non-hydrogen) atoms. The molecule has 1 atom stereocenters. The lowest BCUT2D eigenvalue weighted by molar-refractivity contribution is -0.115. The van der Waals surface area contributed by atoms with Crippen molar-refractivity contribution in [1.82, 2.24) is 15.2 Å². The number of aliphatic hydroxyl groups excluding tert-OH is 1. The number of halogens is 2. The number of carbonyl (C=O) groups excluding carboxylic acids is 1. The molecule has 1 aromatic rings. The Morgan fingerprint density at radius 3 is 2.71 bits per heavy atom. The summed E-state index contributed by atoms with van der Waals surface area (Å²) < 4.78 is 0. The first kappa shape index (κ1) is 9.45. The third-order valence-corrected chi connectivity index (χ3v) is 2.56. The maximum Gasteiger partial charge on any atom is 0.275 e. The number of aromatic amines is 1. The quantitative estimate of drug-likeness (QED) is 0.726. The number of anilines is 1. The molecule has 1 aliphatic rings. The number of aliphatic hydroxyl groups is 1. The molecule has 1 unspecified atom stereocenters. The molecule has 0 aliphatic carbocycles. The summed E-state index contributed by atoms with van der Waals surface area (Å²) in [5.41, 5.74) is 0. The third-order valence-electron chi connectivity index (χ3n) is 1.72. The van der Waals surface area contributed by atoms with Gasteiger partial charge in [0.05, 0.1) is 5.03 Å². The zero-order chi connectivity index (χ0) is 10.3. The summed E-state index contributed by atoms with van der Waals surface area (Å²) in [4.78, 5) is 16.0. The van der Waals surface area contributed by atoms with Crippen molar-refractivity contribution < 1.29 is 9.90 Å². The summed E-state index contributed by atoms with van der Waals surface area (Å²) in [6.45, 7) is 0. The Labute approximate surface area is 88.1 Å². The van der Waals surface area contributed by atoms with E-state index in [2.05, 4.69) is 15.2 Å². The molecule has 0 radical (unpaired) electrons. The van der Waals surface area contributed by atoms with E-state index in [-0.39, 0.29) is 16.0 Å². The summed E-state index contributed by atoms with van der Waals surface area (Å²) in [6, 6.07) is 0. The second kappa shape index (κ2) is 3.23. The molecular formula is C6H4Cl2N4O2. The van der Waals surface area contributed by atoms with Gasteiger partial charge in [0, 0.05) is 0 Å². The van der Waals surface area contributed by atoms with Crippen LogP contribution in [0.3, 0.4) is 0 Å². The van der Waals surface area contributed by atoms with E-state index < -0.39 is 12.1 Å². The van der Waals surface area contributed by atoms with Gasteiger partial charge in [-0.25, -0.2) is 10.00 Å². The molecule has 1 aliphatic heterocycles. The van der Waals surface area contributed by atoms with Gasteiger partial charge < -0.3 is 5.11 Å². The molecule has 0 fully saturated rings. The van der Waals surface area contributed by atoms with Crippen molar-refractivity contribution in [3.8, 4) is 0 Å². The molecule has 0 saturated carbocycles. The van der Waals surface area contributed by atoms with E-state index in [4.69, 9.17) is 23.2 Å². The number of carbonyl (C=O) groups is 1. The average molecular weight is 235 g/mol. The number of nitrogens with zero attached hydrogens (tertiary/aromatic N) is 3. The van der Waals surface area contributed by atoms with Gasteiger partial charge in [-0.3, -0.25) is 4.79 Å². The highest BCUT2D eigenvalue weighted by molar-refractivity contribution is 6.51. The van der Waals surface area contributed by atoms with Gasteiger partial charge in [0.1, 0.15) is 11.4 Å². The van der Waals surface area contributed by atoms with Crippen LogP contribution in [0.1, 0.15) is 0 Å². The molecule has 6 nitrogen and oxygen atoms in total. The average Bonchev–Trinajstić information content (AvgIpc) is 2.73. The molecule has 1 aromatic heterocycles. The lowest BCUT2D eigenvalue weighted by atomic mass is 10.5. The molecule has 0 bridgehead atoms. The summed E-state index contributed by atoms with van der Waals surface area (Å²) in [6.07, 6.45) is -0.0974. The molecule has 2 rings (SSSR count). The predicted molar refractivity (Wildman–Crippen MR) is 48.6 cm³/mol. The van der Waals surface area contributed by atoms with Crippen LogP contribution in [0.25, 0.3) is 0 Å². The van der Waals surface area contributed by atoms with Crippen LogP contribution in [-0.4, -0.2) is 32.4 Å². The van der Waals surface area contributed by atoms with Crippen LogP contribution >= 0.6 is 23.2 Å². The first-order valence-corrected chi connectivity index (χ1v) is 4.30. The molecule has 0 aromatic carbocycles. The monoisotopic (exact) mass is 234 g/mol. The molecule has 2 N–H and O–H groups in total. The number of nitrogens with one attached hydrogen (secondary N) is 1. The first-order chi connectivity index (χ1) is 6.63. The Bertz CT molecular complexity index is 402. The fourth-order valence-electron chi connectivity index (χ4n) is 1.07. The van der Waals surface area contributed by atoms with Gasteiger partial charge in [-0.05, 0) is 0 Å². The highest BCUT2D eigenvalue weighted by Crippen LogP contribution is 2.31. The van der Waals surface area contributed by atoms with Crippen molar-refractivity contribution >= 4 is 35.1 Å². The molecule has 8 heteroatoms. The Balaban J connectivity index is 2.39. The van der Waals surface area contributed by atoms with E-state index in [0.717, 1.165) is 4.90 Å². The van der Waals surface area contributed by atoms with Gasteiger partial charge in [0.25, 0.3) is 5.91 Å². The lowest BCUT2D eigenvalue weighted by Gasteiger charge is -2.16. The van der Waals surface area contributed by atoms with Crippen molar-refractivity contribution in [1.29, 1.82) is 0 Å². The smallest absolute Gasteiger partial charge is 0.275 e.